The standard InChI is InChI=1S/C38H68NO12P/c1-3-5-7-9-11-13-14-15-16-18-20-22-24-26-31(41)30(39-32(42)27-29(40)25-23-21-19-17-12-10-8-6-4-2)28-50-52(48,49)51-38-36(46)34(44)33(43)35(45)37(38)47/h10-13,16,18,24,26,29-31,33-38,40-41,43-47H,3-9,14-15,17,19-23,25,27-28H2,1-2H3,(H,39,42)(H,48,49)/b12-10-,13-11+,18-16+,26-24+. The fourth-order valence-corrected chi connectivity index (χ4v) is 6.57. The molecule has 1 aliphatic rings. The van der Waals surface area contributed by atoms with Crippen molar-refractivity contribution in [1.29, 1.82) is 0 Å². The summed E-state index contributed by atoms with van der Waals surface area (Å²) in [4.78, 5) is 23.2. The van der Waals surface area contributed by atoms with E-state index < -0.39 is 75.2 Å². The zero-order valence-corrected chi connectivity index (χ0v) is 32.1. The zero-order valence-electron chi connectivity index (χ0n) is 31.2. The van der Waals surface area contributed by atoms with Gasteiger partial charge < -0.3 is 46.0 Å². The van der Waals surface area contributed by atoms with E-state index in [1.54, 1.807) is 6.08 Å². The van der Waals surface area contributed by atoms with Crippen LogP contribution < -0.4 is 5.32 Å². The van der Waals surface area contributed by atoms with Crippen molar-refractivity contribution in [3.63, 3.8) is 0 Å². The molecule has 0 heterocycles. The van der Waals surface area contributed by atoms with Crippen molar-refractivity contribution >= 4 is 13.7 Å². The average Bonchev–Trinajstić information content (AvgIpc) is 3.11. The van der Waals surface area contributed by atoms with Gasteiger partial charge in [-0.1, -0.05) is 101 Å². The van der Waals surface area contributed by atoms with Crippen molar-refractivity contribution in [2.24, 2.45) is 0 Å². The molecule has 1 amide bonds. The summed E-state index contributed by atoms with van der Waals surface area (Å²) in [5, 5.41) is 73.9. The van der Waals surface area contributed by atoms with Crippen LogP contribution >= 0.6 is 7.82 Å². The van der Waals surface area contributed by atoms with Crippen LogP contribution in [-0.4, -0.2) is 108 Å². The van der Waals surface area contributed by atoms with Crippen LogP contribution in [0.15, 0.2) is 48.6 Å². The number of carbonyl (C=O) groups is 1. The molecular weight excluding hydrogens is 693 g/mol. The lowest BCUT2D eigenvalue weighted by molar-refractivity contribution is -0.220. The van der Waals surface area contributed by atoms with Gasteiger partial charge in [0.25, 0.3) is 0 Å². The second-order valence-corrected chi connectivity index (χ2v) is 15.0. The molecule has 302 valence electrons. The number of hydrogen-bond acceptors (Lipinski definition) is 11. The molecule has 0 spiro atoms. The maximum absolute atomic E-state index is 12.9. The minimum absolute atomic E-state index is 0.269. The molecular formula is C38H68NO12P. The summed E-state index contributed by atoms with van der Waals surface area (Å²) in [5.74, 6) is -0.623. The zero-order chi connectivity index (χ0) is 38.8. The van der Waals surface area contributed by atoms with Crippen LogP contribution in [0.2, 0.25) is 0 Å². The molecule has 0 aromatic rings. The molecule has 1 aliphatic carbocycles. The maximum Gasteiger partial charge on any atom is 0.472 e. The lowest BCUT2D eigenvalue weighted by Gasteiger charge is -2.41. The monoisotopic (exact) mass is 761 g/mol. The summed E-state index contributed by atoms with van der Waals surface area (Å²) in [6.45, 7) is 3.58. The van der Waals surface area contributed by atoms with Crippen molar-refractivity contribution in [2.45, 2.75) is 178 Å². The Labute approximate surface area is 310 Å². The van der Waals surface area contributed by atoms with E-state index in [2.05, 4.69) is 49.5 Å². The number of carbonyl (C=O) groups excluding carboxylic acids is 1. The Kier molecular flexibility index (Phi) is 26.6. The highest BCUT2D eigenvalue weighted by Gasteiger charge is 2.51. The fraction of sp³-hybridized carbons (Fsp3) is 0.763. The predicted molar refractivity (Wildman–Crippen MR) is 201 cm³/mol. The van der Waals surface area contributed by atoms with Crippen LogP contribution in [0, 0.1) is 0 Å². The van der Waals surface area contributed by atoms with E-state index in [4.69, 9.17) is 9.05 Å². The number of amides is 1. The van der Waals surface area contributed by atoms with E-state index in [1.807, 2.05) is 6.08 Å². The third-order valence-electron chi connectivity index (χ3n) is 8.86. The molecule has 8 atom stereocenters. The Balaban J connectivity index is 2.73. The normalized spacial score (nSPS) is 25.7. The smallest absolute Gasteiger partial charge is 0.393 e. The van der Waals surface area contributed by atoms with Crippen LogP contribution in [0.5, 0.6) is 0 Å². The van der Waals surface area contributed by atoms with Gasteiger partial charge in [0.15, 0.2) is 0 Å². The largest absolute Gasteiger partial charge is 0.472 e. The molecule has 9 N–H and O–H groups in total. The van der Waals surface area contributed by atoms with Gasteiger partial charge in [-0.25, -0.2) is 4.57 Å². The summed E-state index contributed by atoms with van der Waals surface area (Å²) in [7, 11) is -5.14. The van der Waals surface area contributed by atoms with Gasteiger partial charge in [-0.2, -0.15) is 0 Å². The van der Waals surface area contributed by atoms with Crippen molar-refractivity contribution in [1.82, 2.24) is 5.32 Å². The number of aliphatic hydroxyl groups excluding tert-OH is 7. The Bertz CT molecular complexity index is 1090. The number of phosphoric ester groups is 1. The summed E-state index contributed by atoms with van der Waals surface area (Å²) in [6, 6.07) is -1.27. The van der Waals surface area contributed by atoms with Gasteiger partial charge in [0.1, 0.15) is 36.6 Å². The van der Waals surface area contributed by atoms with Gasteiger partial charge >= 0.3 is 7.82 Å². The molecule has 0 aromatic heterocycles. The first-order valence-corrected chi connectivity index (χ1v) is 20.7. The van der Waals surface area contributed by atoms with Gasteiger partial charge in [0.05, 0.1) is 31.3 Å². The molecule has 52 heavy (non-hydrogen) atoms. The van der Waals surface area contributed by atoms with Crippen LogP contribution in [0.4, 0.5) is 0 Å². The molecule has 0 bridgehead atoms. The fourth-order valence-electron chi connectivity index (χ4n) is 5.60. The van der Waals surface area contributed by atoms with Gasteiger partial charge in [-0.3, -0.25) is 13.8 Å². The molecule has 0 aromatic carbocycles. The molecule has 13 nitrogen and oxygen atoms in total. The first kappa shape index (κ1) is 48.3. The van der Waals surface area contributed by atoms with Gasteiger partial charge in [-0.15, -0.1) is 0 Å². The Hall–Kier alpha value is -1.74. The number of rotatable bonds is 29. The quantitative estimate of drug-likeness (QED) is 0.0294. The Morgan fingerprint density at radius 2 is 1.15 bits per heavy atom. The van der Waals surface area contributed by atoms with Crippen molar-refractivity contribution in [2.75, 3.05) is 6.61 Å². The maximum atomic E-state index is 12.9. The number of phosphoric acid groups is 1. The highest BCUT2D eigenvalue weighted by Crippen LogP contribution is 2.47. The highest BCUT2D eigenvalue weighted by molar-refractivity contribution is 7.47. The first-order chi connectivity index (χ1) is 24.8. The minimum Gasteiger partial charge on any atom is -0.393 e. The number of nitrogens with one attached hydrogen (secondary N) is 1. The Morgan fingerprint density at radius 3 is 1.71 bits per heavy atom. The van der Waals surface area contributed by atoms with Gasteiger partial charge in [0, 0.05) is 0 Å². The summed E-state index contributed by atoms with van der Waals surface area (Å²) >= 11 is 0. The third-order valence-corrected chi connectivity index (χ3v) is 9.85. The SMILES string of the molecule is CCCC/C=C\CCCCCC(O)CC(=O)NC(COP(=O)(O)OC1C(O)C(O)C(O)C(O)C1O)C(O)/C=C/CC/C=C/CC/C=C/CCCCC. The molecule has 8 unspecified atom stereocenters. The van der Waals surface area contributed by atoms with Crippen LogP contribution in [-0.2, 0) is 18.4 Å². The van der Waals surface area contributed by atoms with Crippen LogP contribution in [0.25, 0.3) is 0 Å². The number of unbranched alkanes of at least 4 members (excludes halogenated alkanes) is 10. The second-order valence-electron chi connectivity index (χ2n) is 13.6. The van der Waals surface area contributed by atoms with E-state index in [9.17, 15) is 50.0 Å². The molecule has 0 saturated heterocycles. The lowest BCUT2D eigenvalue weighted by atomic mass is 9.85. The first-order valence-electron chi connectivity index (χ1n) is 19.2. The van der Waals surface area contributed by atoms with Crippen molar-refractivity contribution in [3.05, 3.63) is 48.6 Å². The summed E-state index contributed by atoms with van der Waals surface area (Å²) in [6.07, 6.45) is 16.7. The number of aliphatic hydroxyl groups is 7. The molecule has 0 radical (unpaired) electrons. The molecule has 1 saturated carbocycles. The van der Waals surface area contributed by atoms with Crippen molar-refractivity contribution < 1.29 is 59.0 Å². The molecule has 1 rings (SSSR count). The van der Waals surface area contributed by atoms with Gasteiger partial charge in [-0.05, 0) is 64.2 Å². The van der Waals surface area contributed by atoms with E-state index in [-0.39, 0.29) is 6.42 Å². The van der Waals surface area contributed by atoms with Crippen LogP contribution in [0.1, 0.15) is 123 Å². The molecule has 0 aliphatic heterocycles. The van der Waals surface area contributed by atoms with E-state index >= 15 is 0 Å². The minimum atomic E-state index is -5.14. The summed E-state index contributed by atoms with van der Waals surface area (Å²) in [5.41, 5.74) is 0. The lowest BCUT2D eigenvalue weighted by Crippen LogP contribution is -2.64. The van der Waals surface area contributed by atoms with Gasteiger partial charge in [0.2, 0.25) is 5.91 Å². The third kappa shape index (κ3) is 21.2. The van der Waals surface area contributed by atoms with E-state index in [0.29, 0.717) is 19.3 Å². The van der Waals surface area contributed by atoms with Crippen LogP contribution in [0.3, 0.4) is 0 Å². The second kappa shape index (κ2) is 28.7. The Morgan fingerprint density at radius 1 is 0.673 bits per heavy atom. The molecule has 14 heteroatoms. The number of allylic oxidation sites excluding steroid dienone is 7. The average molecular weight is 762 g/mol. The predicted octanol–water partition coefficient (Wildman–Crippen LogP) is 4.41. The number of hydrogen-bond donors (Lipinski definition) is 9. The molecule has 1 fully saturated rings. The van der Waals surface area contributed by atoms with Crippen molar-refractivity contribution in [3.8, 4) is 0 Å². The highest BCUT2D eigenvalue weighted by atomic mass is 31.2. The van der Waals surface area contributed by atoms with E-state index in [1.165, 1.54) is 31.8 Å². The topological polar surface area (TPSA) is 226 Å². The van der Waals surface area contributed by atoms with E-state index in [0.717, 1.165) is 57.8 Å². The summed E-state index contributed by atoms with van der Waals surface area (Å²) < 4.78 is 22.7.